The quantitative estimate of drug-likeness (QED) is 0.702. The van der Waals surface area contributed by atoms with Crippen molar-refractivity contribution in [3.05, 3.63) is 68.7 Å². The molecule has 0 saturated carbocycles. The van der Waals surface area contributed by atoms with Crippen LogP contribution in [0.25, 0.3) is 0 Å². The van der Waals surface area contributed by atoms with Crippen molar-refractivity contribution in [3.63, 3.8) is 0 Å². The van der Waals surface area contributed by atoms with Crippen LogP contribution >= 0.6 is 35.6 Å². The van der Waals surface area contributed by atoms with Gasteiger partial charge in [-0.1, -0.05) is 35.3 Å². The predicted octanol–water partition coefficient (Wildman–Crippen LogP) is 5.39. The van der Waals surface area contributed by atoms with Crippen molar-refractivity contribution in [2.45, 2.75) is 24.8 Å². The Bertz CT molecular complexity index is 779. The first-order chi connectivity index (χ1) is 11.5. The van der Waals surface area contributed by atoms with Gasteiger partial charge in [0.05, 0.1) is 22.7 Å². The molecule has 0 aliphatic heterocycles. The Balaban J connectivity index is 0.00000225. The number of hydrogen-bond donors (Lipinski definition) is 1. The van der Waals surface area contributed by atoms with Crippen molar-refractivity contribution in [2.75, 3.05) is 14.2 Å². The van der Waals surface area contributed by atoms with E-state index in [9.17, 15) is 4.79 Å². The fraction of sp³-hybridized carbons (Fsp3) is 0.316. The number of hydrogen-bond acceptors (Lipinski definition) is 3. The molecule has 0 radical (unpaired) electrons. The van der Waals surface area contributed by atoms with E-state index < -0.39 is 0 Å². The smallest absolute Gasteiger partial charge is 0.337 e. The van der Waals surface area contributed by atoms with Crippen LogP contribution in [0.4, 0.5) is 0 Å². The fourth-order valence-electron chi connectivity index (χ4n) is 3.46. The molecule has 25 heavy (non-hydrogen) atoms. The van der Waals surface area contributed by atoms with Crippen molar-refractivity contribution < 1.29 is 9.53 Å². The Morgan fingerprint density at radius 2 is 1.84 bits per heavy atom. The lowest BCUT2D eigenvalue weighted by molar-refractivity contribution is 0.0600. The molecule has 1 aliphatic rings. The molecule has 0 aromatic heterocycles. The van der Waals surface area contributed by atoms with E-state index in [0.29, 0.717) is 15.6 Å². The van der Waals surface area contributed by atoms with Gasteiger partial charge in [-0.15, -0.1) is 12.4 Å². The first-order valence-electron chi connectivity index (χ1n) is 7.89. The molecule has 0 bridgehead atoms. The van der Waals surface area contributed by atoms with E-state index >= 15 is 0 Å². The molecule has 0 amide bonds. The number of benzene rings is 2. The summed E-state index contributed by atoms with van der Waals surface area (Å²) in [5.74, 6) is -0.138. The Morgan fingerprint density at radius 1 is 1.08 bits per heavy atom. The average molecular weight is 401 g/mol. The van der Waals surface area contributed by atoms with Gasteiger partial charge in [-0.3, -0.25) is 0 Å². The second-order valence-corrected chi connectivity index (χ2v) is 6.79. The van der Waals surface area contributed by atoms with Crippen molar-refractivity contribution >= 4 is 41.6 Å². The van der Waals surface area contributed by atoms with Crippen LogP contribution in [0.1, 0.15) is 51.8 Å². The Morgan fingerprint density at radius 3 is 2.48 bits per heavy atom. The summed E-state index contributed by atoms with van der Waals surface area (Å²) in [6, 6.07) is 11.8. The number of fused-ring (bicyclic) bond motifs is 1. The molecule has 6 heteroatoms. The van der Waals surface area contributed by atoms with Crippen molar-refractivity contribution in [1.82, 2.24) is 5.32 Å². The highest BCUT2D eigenvalue weighted by molar-refractivity contribution is 6.42. The minimum atomic E-state index is -0.322. The maximum Gasteiger partial charge on any atom is 0.337 e. The number of rotatable bonds is 3. The van der Waals surface area contributed by atoms with Crippen molar-refractivity contribution in [2.24, 2.45) is 0 Å². The van der Waals surface area contributed by atoms with Gasteiger partial charge < -0.3 is 10.1 Å². The van der Waals surface area contributed by atoms with Crippen LogP contribution in [0.15, 0.2) is 36.4 Å². The molecule has 1 aliphatic carbocycles. The van der Waals surface area contributed by atoms with Crippen LogP contribution in [-0.2, 0) is 4.74 Å². The summed E-state index contributed by atoms with van der Waals surface area (Å²) in [7, 11) is 3.36. The van der Waals surface area contributed by atoms with Crippen LogP contribution < -0.4 is 5.32 Å². The molecule has 2 aromatic rings. The van der Waals surface area contributed by atoms with Gasteiger partial charge in [-0.05, 0) is 60.8 Å². The van der Waals surface area contributed by atoms with E-state index in [2.05, 4.69) is 5.32 Å². The number of carbonyl (C=O) groups is 1. The minimum absolute atomic E-state index is 0. The topological polar surface area (TPSA) is 38.3 Å². The molecule has 0 spiro atoms. The molecule has 2 aromatic carbocycles. The van der Waals surface area contributed by atoms with Gasteiger partial charge in [0.1, 0.15) is 0 Å². The molecule has 2 atom stereocenters. The summed E-state index contributed by atoms with van der Waals surface area (Å²) in [6.45, 7) is 0. The van der Waals surface area contributed by atoms with E-state index in [1.165, 1.54) is 12.7 Å². The lowest BCUT2D eigenvalue weighted by atomic mass is 9.76. The van der Waals surface area contributed by atoms with Crippen LogP contribution in [0.2, 0.25) is 10.0 Å². The number of halogens is 3. The highest BCUT2D eigenvalue weighted by Gasteiger charge is 2.28. The molecule has 0 heterocycles. The van der Waals surface area contributed by atoms with Crippen LogP contribution in [-0.4, -0.2) is 20.1 Å². The zero-order chi connectivity index (χ0) is 17.3. The third-order valence-corrected chi connectivity index (χ3v) is 5.44. The third-order valence-electron chi connectivity index (χ3n) is 4.70. The van der Waals surface area contributed by atoms with E-state index in [-0.39, 0.29) is 30.3 Å². The lowest BCUT2D eigenvalue weighted by Gasteiger charge is -2.32. The van der Waals surface area contributed by atoms with Gasteiger partial charge in [0.25, 0.3) is 0 Å². The van der Waals surface area contributed by atoms with Gasteiger partial charge in [0.15, 0.2) is 0 Å². The number of carbonyl (C=O) groups excluding carboxylic acids is 1. The molecule has 134 valence electrons. The van der Waals surface area contributed by atoms with Crippen LogP contribution in [0, 0.1) is 0 Å². The molecule has 1 unspecified atom stereocenters. The van der Waals surface area contributed by atoms with E-state index in [1.807, 2.05) is 43.4 Å². The van der Waals surface area contributed by atoms with Crippen molar-refractivity contribution in [3.8, 4) is 0 Å². The standard InChI is InChI=1S/C19H19Cl2NO2.ClH/c1-22-18-8-6-13(11-4-7-16(20)17(21)10-11)15-9-12(19(23)24-2)3-5-14(15)18;/h3-5,7,9-10,13,18,22H,6,8H2,1-2H3;1H/t13?,18-;/m0./s1. The summed E-state index contributed by atoms with van der Waals surface area (Å²) in [5, 5.41) is 4.45. The molecule has 0 saturated heterocycles. The Hall–Kier alpha value is -1.26. The van der Waals surface area contributed by atoms with Crippen molar-refractivity contribution in [1.29, 1.82) is 0 Å². The SMILES string of the molecule is CN[C@H]1CCC(c2ccc(Cl)c(Cl)c2)c2cc(C(=O)OC)ccc21.Cl. The Labute approximate surface area is 164 Å². The first kappa shape index (κ1) is 20.1. The minimum Gasteiger partial charge on any atom is -0.465 e. The van der Waals surface area contributed by atoms with E-state index in [4.69, 9.17) is 27.9 Å². The zero-order valence-electron chi connectivity index (χ0n) is 14.0. The maximum absolute atomic E-state index is 11.9. The van der Waals surface area contributed by atoms with Gasteiger partial charge in [-0.2, -0.15) is 0 Å². The maximum atomic E-state index is 11.9. The number of ether oxygens (including phenoxy) is 1. The lowest BCUT2D eigenvalue weighted by Crippen LogP contribution is -2.24. The average Bonchev–Trinajstić information content (AvgIpc) is 2.62. The molecule has 3 rings (SSSR count). The number of nitrogens with one attached hydrogen (secondary N) is 1. The summed E-state index contributed by atoms with van der Waals surface area (Å²) in [4.78, 5) is 11.9. The zero-order valence-corrected chi connectivity index (χ0v) is 16.3. The predicted molar refractivity (Wildman–Crippen MR) is 104 cm³/mol. The third kappa shape index (κ3) is 3.95. The second-order valence-electron chi connectivity index (χ2n) is 5.98. The van der Waals surface area contributed by atoms with E-state index in [1.54, 1.807) is 0 Å². The Kier molecular flexibility index (Phi) is 6.75. The van der Waals surface area contributed by atoms with E-state index in [0.717, 1.165) is 24.0 Å². The van der Waals surface area contributed by atoms with Gasteiger partial charge >= 0.3 is 5.97 Å². The first-order valence-corrected chi connectivity index (χ1v) is 8.65. The normalized spacial score (nSPS) is 18.9. The van der Waals surface area contributed by atoms with Gasteiger partial charge in [0.2, 0.25) is 0 Å². The van der Waals surface area contributed by atoms with Crippen LogP contribution in [0.3, 0.4) is 0 Å². The summed E-state index contributed by atoms with van der Waals surface area (Å²) in [6.07, 6.45) is 1.99. The molecular weight excluding hydrogens is 381 g/mol. The summed E-state index contributed by atoms with van der Waals surface area (Å²) < 4.78 is 4.86. The molecule has 1 N–H and O–H groups in total. The summed E-state index contributed by atoms with van der Waals surface area (Å²) >= 11 is 12.2. The largest absolute Gasteiger partial charge is 0.465 e. The van der Waals surface area contributed by atoms with Gasteiger partial charge in [-0.25, -0.2) is 4.79 Å². The molecular formula is C19H20Cl3NO2. The molecule has 0 fully saturated rings. The number of esters is 1. The highest BCUT2D eigenvalue weighted by atomic mass is 35.5. The molecule has 3 nitrogen and oxygen atoms in total. The highest BCUT2D eigenvalue weighted by Crippen LogP contribution is 2.42. The monoisotopic (exact) mass is 399 g/mol. The fourth-order valence-corrected chi connectivity index (χ4v) is 3.76. The number of methoxy groups -OCH3 is 1. The second kappa shape index (κ2) is 8.41. The van der Waals surface area contributed by atoms with Crippen LogP contribution in [0.5, 0.6) is 0 Å². The van der Waals surface area contributed by atoms with Gasteiger partial charge in [0, 0.05) is 12.0 Å². The summed E-state index contributed by atoms with van der Waals surface area (Å²) in [5.41, 5.74) is 4.04.